The smallest absolute Gasteiger partial charge is 0.150 e. The van der Waals surface area contributed by atoms with Crippen molar-refractivity contribution >= 4 is 5.78 Å². The van der Waals surface area contributed by atoms with E-state index in [1.54, 1.807) is 0 Å². The molecule has 0 aliphatic carbocycles. The predicted molar refractivity (Wildman–Crippen MR) is 50.0 cm³/mol. The van der Waals surface area contributed by atoms with Gasteiger partial charge in [-0.2, -0.15) is 0 Å². The SMILES string of the molecule is CC(C)[C@@H]1C(=O)C[C@@H](C)CN1C. The zero-order valence-corrected chi connectivity index (χ0v) is 8.50. The van der Waals surface area contributed by atoms with Crippen molar-refractivity contribution in [3.05, 3.63) is 0 Å². The Bertz CT molecular complexity index is 177. The Morgan fingerprint density at radius 2 is 2.08 bits per heavy atom. The molecule has 0 spiro atoms. The minimum Gasteiger partial charge on any atom is -0.298 e. The van der Waals surface area contributed by atoms with Crippen LogP contribution in [0.15, 0.2) is 0 Å². The summed E-state index contributed by atoms with van der Waals surface area (Å²) in [4.78, 5) is 13.8. The van der Waals surface area contributed by atoms with Gasteiger partial charge in [0.2, 0.25) is 0 Å². The minimum atomic E-state index is 0.168. The van der Waals surface area contributed by atoms with Crippen LogP contribution in [0.5, 0.6) is 0 Å². The molecule has 0 N–H and O–H groups in total. The van der Waals surface area contributed by atoms with E-state index in [-0.39, 0.29) is 6.04 Å². The Hall–Kier alpha value is -0.370. The molecule has 1 aliphatic heterocycles. The summed E-state index contributed by atoms with van der Waals surface area (Å²) in [5, 5.41) is 0. The number of carbonyl (C=O) groups is 1. The Labute approximate surface area is 74.9 Å². The second kappa shape index (κ2) is 3.56. The van der Waals surface area contributed by atoms with E-state index in [4.69, 9.17) is 0 Å². The van der Waals surface area contributed by atoms with Crippen molar-refractivity contribution in [1.82, 2.24) is 4.90 Å². The number of carbonyl (C=O) groups excluding carboxylic acids is 1. The van der Waals surface area contributed by atoms with E-state index in [0.29, 0.717) is 17.6 Å². The summed E-state index contributed by atoms with van der Waals surface area (Å²) in [5.41, 5.74) is 0. The maximum absolute atomic E-state index is 11.6. The van der Waals surface area contributed by atoms with Crippen LogP contribution < -0.4 is 0 Å². The molecule has 0 amide bonds. The highest BCUT2D eigenvalue weighted by atomic mass is 16.1. The largest absolute Gasteiger partial charge is 0.298 e. The van der Waals surface area contributed by atoms with E-state index in [1.807, 2.05) is 0 Å². The Kier molecular flexibility index (Phi) is 2.89. The van der Waals surface area contributed by atoms with Crippen molar-refractivity contribution < 1.29 is 4.79 Å². The highest BCUT2D eigenvalue weighted by Gasteiger charge is 2.32. The number of rotatable bonds is 1. The summed E-state index contributed by atoms with van der Waals surface area (Å²) >= 11 is 0. The summed E-state index contributed by atoms with van der Waals surface area (Å²) in [6.45, 7) is 7.45. The Balaban J connectivity index is 2.67. The number of hydrogen-bond acceptors (Lipinski definition) is 2. The van der Waals surface area contributed by atoms with E-state index in [9.17, 15) is 4.79 Å². The topological polar surface area (TPSA) is 20.3 Å². The second-order valence-corrected chi connectivity index (χ2v) is 4.40. The number of nitrogens with zero attached hydrogens (tertiary/aromatic N) is 1. The van der Waals surface area contributed by atoms with Crippen molar-refractivity contribution in [2.24, 2.45) is 11.8 Å². The van der Waals surface area contributed by atoms with Gasteiger partial charge in [-0.05, 0) is 18.9 Å². The third kappa shape index (κ3) is 1.86. The maximum Gasteiger partial charge on any atom is 0.150 e. The lowest BCUT2D eigenvalue weighted by Crippen LogP contribution is -2.49. The van der Waals surface area contributed by atoms with Crippen molar-refractivity contribution in [3.63, 3.8) is 0 Å². The number of Topliss-reactive ketones (excluding diaryl/α,β-unsaturated/α-hetero) is 1. The molecule has 0 aromatic heterocycles. The summed E-state index contributed by atoms with van der Waals surface area (Å²) in [5.74, 6) is 1.42. The molecule has 1 heterocycles. The average Bonchev–Trinajstić information content (AvgIpc) is 1.82. The summed E-state index contributed by atoms with van der Waals surface area (Å²) in [7, 11) is 2.05. The van der Waals surface area contributed by atoms with Gasteiger partial charge in [0.15, 0.2) is 5.78 Å². The maximum atomic E-state index is 11.6. The van der Waals surface area contributed by atoms with Gasteiger partial charge in [-0.15, -0.1) is 0 Å². The van der Waals surface area contributed by atoms with E-state index < -0.39 is 0 Å². The molecule has 2 nitrogen and oxygen atoms in total. The van der Waals surface area contributed by atoms with Gasteiger partial charge in [0, 0.05) is 13.0 Å². The third-order valence-electron chi connectivity index (χ3n) is 2.59. The fraction of sp³-hybridized carbons (Fsp3) is 0.900. The molecular weight excluding hydrogens is 150 g/mol. The zero-order chi connectivity index (χ0) is 9.30. The molecule has 0 radical (unpaired) electrons. The van der Waals surface area contributed by atoms with Crippen LogP contribution in [-0.2, 0) is 4.79 Å². The predicted octanol–water partition coefficient (Wildman–Crippen LogP) is 1.55. The summed E-state index contributed by atoms with van der Waals surface area (Å²) in [6, 6.07) is 0.168. The van der Waals surface area contributed by atoms with E-state index in [2.05, 4.69) is 32.7 Å². The molecule has 2 heteroatoms. The van der Waals surface area contributed by atoms with Gasteiger partial charge >= 0.3 is 0 Å². The molecule has 2 atom stereocenters. The molecule has 0 unspecified atom stereocenters. The number of hydrogen-bond donors (Lipinski definition) is 0. The molecule has 1 aliphatic rings. The van der Waals surface area contributed by atoms with Crippen molar-refractivity contribution in [3.8, 4) is 0 Å². The first-order valence-corrected chi connectivity index (χ1v) is 4.75. The van der Waals surface area contributed by atoms with Gasteiger partial charge in [-0.3, -0.25) is 9.69 Å². The summed E-state index contributed by atoms with van der Waals surface area (Å²) < 4.78 is 0. The van der Waals surface area contributed by atoms with Gasteiger partial charge in [-0.25, -0.2) is 0 Å². The molecule has 1 rings (SSSR count). The average molecular weight is 169 g/mol. The quantitative estimate of drug-likeness (QED) is 0.593. The van der Waals surface area contributed by atoms with Gasteiger partial charge in [-0.1, -0.05) is 20.8 Å². The van der Waals surface area contributed by atoms with Crippen molar-refractivity contribution in [2.75, 3.05) is 13.6 Å². The van der Waals surface area contributed by atoms with Gasteiger partial charge in [0.1, 0.15) is 0 Å². The minimum absolute atomic E-state index is 0.168. The normalized spacial score (nSPS) is 32.9. The van der Waals surface area contributed by atoms with Gasteiger partial charge in [0.25, 0.3) is 0 Å². The lowest BCUT2D eigenvalue weighted by atomic mass is 9.87. The number of likely N-dealkylation sites (tertiary alicyclic amines) is 1. The molecule has 70 valence electrons. The van der Waals surface area contributed by atoms with Gasteiger partial charge < -0.3 is 0 Å². The van der Waals surface area contributed by atoms with Crippen LogP contribution in [0.25, 0.3) is 0 Å². The van der Waals surface area contributed by atoms with Crippen molar-refractivity contribution in [2.45, 2.75) is 33.2 Å². The van der Waals surface area contributed by atoms with Crippen LogP contribution >= 0.6 is 0 Å². The first kappa shape index (κ1) is 9.72. The highest BCUT2D eigenvalue weighted by molar-refractivity contribution is 5.85. The number of piperidine rings is 1. The fourth-order valence-electron chi connectivity index (χ4n) is 2.26. The molecule has 0 aromatic rings. The molecule has 0 aromatic carbocycles. The monoisotopic (exact) mass is 169 g/mol. The zero-order valence-electron chi connectivity index (χ0n) is 8.50. The van der Waals surface area contributed by atoms with Crippen LogP contribution in [0.2, 0.25) is 0 Å². The van der Waals surface area contributed by atoms with Crippen molar-refractivity contribution in [1.29, 1.82) is 0 Å². The van der Waals surface area contributed by atoms with E-state index >= 15 is 0 Å². The second-order valence-electron chi connectivity index (χ2n) is 4.40. The lowest BCUT2D eigenvalue weighted by molar-refractivity contribution is -0.129. The Morgan fingerprint density at radius 3 is 2.50 bits per heavy atom. The molecule has 1 fully saturated rings. The van der Waals surface area contributed by atoms with Gasteiger partial charge in [0.05, 0.1) is 6.04 Å². The molecular formula is C10H19NO. The first-order valence-electron chi connectivity index (χ1n) is 4.75. The molecule has 12 heavy (non-hydrogen) atoms. The highest BCUT2D eigenvalue weighted by Crippen LogP contribution is 2.21. The number of likely N-dealkylation sites (N-methyl/N-ethyl adjacent to an activating group) is 1. The Morgan fingerprint density at radius 1 is 1.50 bits per heavy atom. The van der Waals surface area contributed by atoms with Crippen LogP contribution in [0, 0.1) is 11.8 Å². The fourth-order valence-corrected chi connectivity index (χ4v) is 2.26. The molecule has 0 saturated carbocycles. The summed E-state index contributed by atoms with van der Waals surface area (Å²) in [6.07, 6.45) is 0.771. The molecule has 0 bridgehead atoms. The molecule has 1 saturated heterocycles. The standard InChI is InChI=1S/C10H19NO/c1-7(2)10-9(12)5-8(3)6-11(10)4/h7-8,10H,5-6H2,1-4H3/t8-,10-/m1/s1. The third-order valence-corrected chi connectivity index (χ3v) is 2.59. The van der Waals surface area contributed by atoms with E-state index in [0.717, 1.165) is 13.0 Å². The van der Waals surface area contributed by atoms with E-state index in [1.165, 1.54) is 0 Å². The van der Waals surface area contributed by atoms with Crippen LogP contribution in [0.3, 0.4) is 0 Å². The van der Waals surface area contributed by atoms with Crippen LogP contribution in [0.4, 0.5) is 0 Å². The van der Waals surface area contributed by atoms with Crippen LogP contribution in [-0.4, -0.2) is 30.3 Å². The number of ketones is 1. The van der Waals surface area contributed by atoms with Crippen LogP contribution in [0.1, 0.15) is 27.2 Å². The first-order chi connectivity index (χ1) is 5.52. The lowest BCUT2D eigenvalue weighted by Gasteiger charge is -2.36.